The molecule has 1 aromatic rings. The summed E-state index contributed by atoms with van der Waals surface area (Å²) < 4.78 is 18.9. The molecular formula is C13H18FNO2. The van der Waals surface area contributed by atoms with E-state index in [0.717, 1.165) is 19.4 Å². The third kappa shape index (κ3) is 2.96. The van der Waals surface area contributed by atoms with Crippen molar-refractivity contribution in [3.63, 3.8) is 0 Å². The lowest BCUT2D eigenvalue weighted by Gasteiger charge is -2.30. The second-order valence-electron chi connectivity index (χ2n) is 4.46. The smallest absolute Gasteiger partial charge is 0.169 e. The number of hydrogen-bond acceptors (Lipinski definition) is 3. The summed E-state index contributed by atoms with van der Waals surface area (Å²) in [6, 6.07) is 5.17. The number of halogens is 1. The third-order valence-electron chi connectivity index (χ3n) is 3.14. The van der Waals surface area contributed by atoms with Gasteiger partial charge in [-0.2, -0.15) is 0 Å². The molecule has 0 spiro atoms. The van der Waals surface area contributed by atoms with Gasteiger partial charge in [0, 0.05) is 18.7 Å². The number of likely N-dealkylation sites (tertiary alicyclic amines) is 1. The highest BCUT2D eigenvalue weighted by Crippen LogP contribution is 2.22. The van der Waals surface area contributed by atoms with Gasteiger partial charge < -0.3 is 9.84 Å². The maximum absolute atomic E-state index is 13.9. The van der Waals surface area contributed by atoms with Crippen molar-refractivity contribution in [1.82, 2.24) is 4.90 Å². The number of methoxy groups -OCH3 is 1. The van der Waals surface area contributed by atoms with Gasteiger partial charge in [0.15, 0.2) is 11.6 Å². The molecule has 1 aliphatic heterocycles. The van der Waals surface area contributed by atoms with E-state index < -0.39 is 0 Å². The molecule has 0 aromatic heterocycles. The molecule has 94 valence electrons. The minimum atomic E-state index is -0.296. The van der Waals surface area contributed by atoms with Crippen molar-refractivity contribution in [1.29, 1.82) is 0 Å². The van der Waals surface area contributed by atoms with Crippen LogP contribution in [0.15, 0.2) is 18.2 Å². The van der Waals surface area contributed by atoms with Crippen molar-refractivity contribution in [3.05, 3.63) is 29.6 Å². The van der Waals surface area contributed by atoms with Crippen LogP contribution in [0, 0.1) is 5.82 Å². The highest BCUT2D eigenvalue weighted by atomic mass is 19.1. The lowest BCUT2D eigenvalue weighted by Crippen LogP contribution is -2.37. The highest BCUT2D eigenvalue weighted by Gasteiger charge is 2.19. The number of benzene rings is 1. The Morgan fingerprint density at radius 3 is 3.06 bits per heavy atom. The van der Waals surface area contributed by atoms with Crippen LogP contribution in [0.25, 0.3) is 0 Å². The predicted octanol–water partition coefficient (Wildman–Crippen LogP) is 1.79. The van der Waals surface area contributed by atoms with E-state index in [2.05, 4.69) is 4.90 Å². The lowest BCUT2D eigenvalue weighted by atomic mass is 10.1. The number of aliphatic hydroxyl groups is 1. The molecule has 0 amide bonds. The zero-order chi connectivity index (χ0) is 12.3. The van der Waals surface area contributed by atoms with Crippen LogP contribution < -0.4 is 4.74 Å². The van der Waals surface area contributed by atoms with Gasteiger partial charge in [-0.3, -0.25) is 4.90 Å². The van der Waals surface area contributed by atoms with Crippen LogP contribution in [0.4, 0.5) is 4.39 Å². The van der Waals surface area contributed by atoms with E-state index in [9.17, 15) is 9.50 Å². The molecule has 1 aromatic carbocycles. The molecule has 0 aliphatic carbocycles. The quantitative estimate of drug-likeness (QED) is 0.873. The standard InChI is InChI=1S/C13H18FNO2/c1-17-12-6-2-4-10(13(12)14)8-15-7-3-5-11(16)9-15/h2,4,6,11,16H,3,5,7-9H2,1H3. The van der Waals surface area contributed by atoms with Gasteiger partial charge in [0.1, 0.15) is 0 Å². The van der Waals surface area contributed by atoms with E-state index >= 15 is 0 Å². The number of aliphatic hydroxyl groups excluding tert-OH is 1. The molecule has 1 fully saturated rings. The first-order valence-corrected chi connectivity index (χ1v) is 5.92. The van der Waals surface area contributed by atoms with Gasteiger partial charge >= 0.3 is 0 Å². The Labute approximate surface area is 101 Å². The van der Waals surface area contributed by atoms with Gasteiger partial charge in [0.05, 0.1) is 13.2 Å². The molecule has 1 aliphatic rings. The maximum atomic E-state index is 13.9. The topological polar surface area (TPSA) is 32.7 Å². The van der Waals surface area contributed by atoms with Crippen molar-refractivity contribution in [3.8, 4) is 5.75 Å². The summed E-state index contributed by atoms with van der Waals surface area (Å²) in [6.07, 6.45) is 1.53. The van der Waals surface area contributed by atoms with Gasteiger partial charge in [-0.15, -0.1) is 0 Å². The largest absolute Gasteiger partial charge is 0.494 e. The second-order valence-corrected chi connectivity index (χ2v) is 4.46. The molecule has 1 heterocycles. The van der Waals surface area contributed by atoms with Gasteiger partial charge in [0.2, 0.25) is 0 Å². The lowest BCUT2D eigenvalue weighted by molar-refractivity contribution is 0.0662. The van der Waals surface area contributed by atoms with E-state index in [4.69, 9.17) is 4.74 Å². The SMILES string of the molecule is COc1cccc(CN2CCCC(O)C2)c1F. The zero-order valence-corrected chi connectivity index (χ0v) is 10.0. The number of nitrogens with zero attached hydrogens (tertiary/aromatic N) is 1. The molecule has 2 rings (SSSR count). The fraction of sp³-hybridized carbons (Fsp3) is 0.538. The number of piperidine rings is 1. The van der Waals surface area contributed by atoms with E-state index in [1.54, 1.807) is 18.2 Å². The monoisotopic (exact) mass is 239 g/mol. The fourth-order valence-corrected chi connectivity index (χ4v) is 2.25. The maximum Gasteiger partial charge on any atom is 0.169 e. The van der Waals surface area contributed by atoms with Crippen LogP contribution in [-0.4, -0.2) is 36.3 Å². The number of hydrogen-bond donors (Lipinski definition) is 1. The minimum absolute atomic E-state index is 0.278. The third-order valence-corrected chi connectivity index (χ3v) is 3.14. The highest BCUT2D eigenvalue weighted by molar-refractivity contribution is 5.31. The van der Waals surface area contributed by atoms with Gasteiger partial charge in [-0.1, -0.05) is 12.1 Å². The first kappa shape index (κ1) is 12.3. The first-order chi connectivity index (χ1) is 8.20. The average Bonchev–Trinajstić information content (AvgIpc) is 2.32. The molecule has 0 bridgehead atoms. The van der Waals surface area contributed by atoms with Crippen LogP contribution in [0.3, 0.4) is 0 Å². The Kier molecular flexibility index (Phi) is 3.97. The summed E-state index contributed by atoms with van der Waals surface area (Å²) in [7, 11) is 1.47. The summed E-state index contributed by atoms with van der Waals surface area (Å²) >= 11 is 0. The molecule has 1 N–H and O–H groups in total. The molecule has 3 nitrogen and oxygen atoms in total. The van der Waals surface area contributed by atoms with Crippen molar-refractivity contribution in [2.45, 2.75) is 25.5 Å². The predicted molar refractivity (Wildman–Crippen MR) is 63.5 cm³/mol. The van der Waals surface area contributed by atoms with E-state index in [1.165, 1.54) is 7.11 Å². The van der Waals surface area contributed by atoms with Crippen LogP contribution in [0.2, 0.25) is 0 Å². The van der Waals surface area contributed by atoms with Gasteiger partial charge in [0.25, 0.3) is 0 Å². The Morgan fingerprint density at radius 1 is 1.53 bits per heavy atom. The van der Waals surface area contributed by atoms with Gasteiger partial charge in [-0.05, 0) is 25.5 Å². The normalized spacial score (nSPS) is 21.5. The van der Waals surface area contributed by atoms with Crippen LogP contribution in [0.5, 0.6) is 5.75 Å². The summed E-state index contributed by atoms with van der Waals surface area (Å²) in [4.78, 5) is 2.08. The molecular weight excluding hydrogens is 221 g/mol. The molecule has 0 saturated carbocycles. The van der Waals surface area contributed by atoms with Crippen LogP contribution in [0.1, 0.15) is 18.4 Å². The average molecular weight is 239 g/mol. The Hall–Kier alpha value is -1.13. The van der Waals surface area contributed by atoms with E-state index in [1.807, 2.05) is 0 Å². The Bertz CT molecular complexity index is 384. The van der Waals surface area contributed by atoms with Gasteiger partial charge in [-0.25, -0.2) is 4.39 Å². The Balaban J connectivity index is 2.07. The van der Waals surface area contributed by atoms with Crippen molar-refractivity contribution >= 4 is 0 Å². The zero-order valence-electron chi connectivity index (χ0n) is 10.0. The van der Waals surface area contributed by atoms with Crippen LogP contribution in [-0.2, 0) is 6.54 Å². The molecule has 4 heteroatoms. The van der Waals surface area contributed by atoms with Crippen LogP contribution >= 0.6 is 0 Å². The summed E-state index contributed by atoms with van der Waals surface area (Å²) in [6.45, 7) is 2.06. The van der Waals surface area contributed by atoms with E-state index in [-0.39, 0.29) is 17.7 Å². The fourth-order valence-electron chi connectivity index (χ4n) is 2.25. The number of β-amino-alcohol motifs (C(OH)–C–C–N with tert-alkyl or cyclic N) is 1. The summed E-state index contributed by atoms with van der Waals surface area (Å²) in [5.41, 5.74) is 0.624. The molecule has 0 radical (unpaired) electrons. The Morgan fingerprint density at radius 2 is 2.35 bits per heavy atom. The summed E-state index contributed by atoms with van der Waals surface area (Å²) in [5.74, 6) is -0.0184. The number of ether oxygens (including phenoxy) is 1. The van der Waals surface area contributed by atoms with Crippen molar-refractivity contribution in [2.24, 2.45) is 0 Å². The molecule has 1 atom stereocenters. The summed E-state index contributed by atoms with van der Waals surface area (Å²) in [5, 5.41) is 9.57. The van der Waals surface area contributed by atoms with E-state index in [0.29, 0.717) is 18.7 Å². The van der Waals surface area contributed by atoms with Crippen molar-refractivity contribution in [2.75, 3.05) is 20.2 Å². The van der Waals surface area contributed by atoms with Crippen molar-refractivity contribution < 1.29 is 14.2 Å². The molecule has 1 unspecified atom stereocenters. The number of rotatable bonds is 3. The minimum Gasteiger partial charge on any atom is -0.494 e. The second kappa shape index (κ2) is 5.47. The first-order valence-electron chi connectivity index (χ1n) is 5.92. The molecule has 1 saturated heterocycles. The molecule has 17 heavy (non-hydrogen) atoms.